The highest BCUT2D eigenvalue weighted by Crippen LogP contribution is 2.43. The number of morpholine rings is 1. The topological polar surface area (TPSA) is 168 Å². The molecule has 2 aromatic heterocycles. The minimum absolute atomic E-state index is 0.0722. The Bertz CT molecular complexity index is 2640. The van der Waals surface area contributed by atoms with E-state index in [0.29, 0.717) is 45.5 Å². The summed E-state index contributed by atoms with van der Waals surface area (Å²) in [6.45, 7) is 20.0. The lowest BCUT2D eigenvalue weighted by Crippen LogP contribution is -2.63. The number of esters is 1. The zero-order valence-corrected chi connectivity index (χ0v) is 44.6. The fourth-order valence-electron chi connectivity index (χ4n) is 11.6. The standard InChI is InChI=1S/C56H77FN8O8/c1-11-64-45-18-17-38-29-41(45)42(49(64)40-15-12-23-58-47(40)36(4)71-10)32-54(5,6)34-73-52(69)43-16-13-26-65(60-43)51(68)44(30-39-33-62(38)27-28-72-39)59-50(67)48(35(2)3)61(9)53(70)56(57)22-19-37(31-56)46(66)20-21-55(7,8)63-24-14-25-63/h12,15,17-18,23,29,35-37,39,43-44,48,60H,11,13-14,16,19,22,24-28,30-34H2,1-10H3,(H,59,67)/t36?,37?,39-,43-,44-,48-,56+/m0/s1. The number of fused-ring (bicyclic) bond motifs is 6. The maximum atomic E-state index is 16.9. The van der Waals surface area contributed by atoms with Gasteiger partial charge in [0.1, 0.15) is 18.1 Å². The number of nitrogens with one attached hydrogen (secondary N) is 2. The molecule has 2 N–H and O–H groups in total. The Balaban J connectivity index is 1.08. The number of carbonyl (C=O) groups is 5. The van der Waals surface area contributed by atoms with Crippen LogP contribution in [0.5, 0.6) is 0 Å². The molecule has 73 heavy (non-hydrogen) atoms. The number of aromatic nitrogens is 2. The zero-order valence-electron chi connectivity index (χ0n) is 44.6. The van der Waals surface area contributed by atoms with Crippen LogP contribution >= 0.6 is 0 Å². The Morgan fingerprint density at radius 2 is 1.85 bits per heavy atom. The number of ether oxygens (including phenoxy) is 3. The number of hydrogen-bond donors (Lipinski definition) is 2. The average Bonchev–Trinajstić information content (AvgIpc) is 3.90. The molecule has 1 aromatic carbocycles. The molecule has 2 unspecified atom stereocenters. The number of pyridine rings is 1. The number of aryl methyl sites for hydroxylation is 1. The van der Waals surface area contributed by atoms with Gasteiger partial charge in [0.15, 0.2) is 5.67 Å². The molecule has 4 aliphatic heterocycles. The molecule has 1 aliphatic carbocycles. The Morgan fingerprint density at radius 1 is 1.08 bits per heavy atom. The summed E-state index contributed by atoms with van der Waals surface area (Å²) in [4.78, 5) is 81.4. The molecule has 0 radical (unpaired) electrons. The van der Waals surface area contributed by atoms with Crippen molar-refractivity contribution in [3.63, 3.8) is 0 Å². The Morgan fingerprint density at radius 3 is 2.55 bits per heavy atom. The Hall–Kier alpha value is -5.41. The number of alkyl halides is 1. The van der Waals surface area contributed by atoms with Gasteiger partial charge >= 0.3 is 5.97 Å². The number of rotatable bonds is 11. The van der Waals surface area contributed by atoms with Crippen molar-refractivity contribution in [3.8, 4) is 23.1 Å². The molecular weight excluding hydrogens is 932 g/mol. The first-order chi connectivity index (χ1) is 34.6. The van der Waals surface area contributed by atoms with Crippen LogP contribution < -0.4 is 15.6 Å². The second-order valence-electron chi connectivity index (χ2n) is 22.6. The van der Waals surface area contributed by atoms with Gasteiger partial charge < -0.3 is 33.9 Å². The van der Waals surface area contributed by atoms with Crippen LogP contribution in [0.2, 0.25) is 0 Å². The molecule has 1 saturated carbocycles. The molecule has 17 heteroatoms. The highest BCUT2D eigenvalue weighted by molar-refractivity contribution is 6.00. The summed E-state index contributed by atoms with van der Waals surface area (Å²) in [5.41, 5.74) is 5.70. The average molecular weight is 1010 g/mol. The van der Waals surface area contributed by atoms with Crippen LogP contribution in [0.3, 0.4) is 0 Å². The van der Waals surface area contributed by atoms with Gasteiger partial charge in [0.25, 0.3) is 11.8 Å². The summed E-state index contributed by atoms with van der Waals surface area (Å²) in [6, 6.07) is 7.37. The number of amides is 3. The van der Waals surface area contributed by atoms with Gasteiger partial charge in [0.05, 0.1) is 42.3 Å². The predicted octanol–water partition coefficient (Wildman–Crippen LogP) is 6.18. The molecule has 8 rings (SSSR count). The number of nitrogens with zero attached hydrogens (tertiary/aromatic N) is 6. The summed E-state index contributed by atoms with van der Waals surface area (Å²) < 4.78 is 37.5. The van der Waals surface area contributed by atoms with Gasteiger partial charge in [-0.05, 0) is 114 Å². The lowest BCUT2D eigenvalue weighted by molar-refractivity contribution is -0.156. The SMILES string of the molecule is CCn1c(-c2cccnc2C(C)OC)c2c3cc(ccc31)N1CCO[C@@H](C[C@H](NC(=O)[C@H](C(C)C)N(C)C(=O)[C@@]3(F)CCC(C(=O)C#CC(C)(C)N4CCC4)C3)C(=O)N3CCC[C@H](N3)C(=O)OCC(C)(C)C2)C1. The smallest absolute Gasteiger partial charge is 0.324 e. The molecule has 0 spiro atoms. The van der Waals surface area contributed by atoms with E-state index in [-0.39, 0.29) is 50.7 Å². The number of likely N-dealkylation sites (tertiary alicyclic amines) is 1. The van der Waals surface area contributed by atoms with E-state index >= 15 is 4.39 Å². The van der Waals surface area contributed by atoms with Crippen LogP contribution in [-0.2, 0) is 51.1 Å². The Labute approximate surface area is 430 Å². The van der Waals surface area contributed by atoms with Crippen molar-refractivity contribution in [3.05, 3.63) is 47.8 Å². The van der Waals surface area contributed by atoms with Gasteiger partial charge in [-0.2, -0.15) is 0 Å². The molecule has 3 amide bonds. The highest BCUT2D eigenvalue weighted by atomic mass is 19.1. The first kappa shape index (κ1) is 53.9. The van der Waals surface area contributed by atoms with E-state index in [4.69, 9.17) is 19.2 Å². The van der Waals surface area contributed by atoms with Crippen LogP contribution in [0.4, 0.5) is 10.1 Å². The second-order valence-corrected chi connectivity index (χ2v) is 22.6. The number of hydrogen-bond acceptors (Lipinski definition) is 12. The minimum Gasteiger partial charge on any atom is -0.464 e. The van der Waals surface area contributed by atoms with Gasteiger partial charge in [-0.15, -0.1) is 0 Å². The number of anilines is 1. The number of methoxy groups -OCH3 is 1. The Kier molecular flexibility index (Phi) is 16.1. The fraction of sp³-hybridized carbons (Fsp3) is 0.643. The normalized spacial score (nSPS) is 25.8. The number of Topliss-reactive ketones (excluding diaryl/α,β-unsaturated/α-hetero) is 1. The number of likely N-dealkylation sites (N-methyl/N-ethyl adjacent to an activating group) is 1. The monoisotopic (exact) mass is 1010 g/mol. The van der Waals surface area contributed by atoms with Crippen LogP contribution in [0.15, 0.2) is 36.5 Å². The maximum absolute atomic E-state index is 16.9. The number of halogens is 1. The third-order valence-electron chi connectivity index (χ3n) is 15.9. The molecule has 7 atom stereocenters. The molecule has 16 nitrogen and oxygen atoms in total. The number of ketones is 1. The second kappa shape index (κ2) is 21.8. The highest BCUT2D eigenvalue weighted by Gasteiger charge is 2.51. The number of benzene rings is 1. The van der Waals surface area contributed by atoms with E-state index in [0.717, 1.165) is 63.5 Å². The molecule has 3 saturated heterocycles. The van der Waals surface area contributed by atoms with Crippen LogP contribution in [0.25, 0.3) is 22.2 Å². The summed E-state index contributed by atoms with van der Waals surface area (Å²) >= 11 is 0. The van der Waals surface area contributed by atoms with Crippen molar-refractivity contribution < 1.29 is 42.6 Å². The molecule has 6 heterocycles. The summed E-state index contributed by atoms with van der Waals surface area (Å²) in [6.07, 6.45) is 3.32. The first-order valence-electron chi connectivity index (χ1n) is 26.5. The lowest BCUT2D eigenvalue weighted by Gasteiger charge is -2.41. The van der Waals surface area contributed by atoms with E-state index in [1.54, 1.807) is 27.2 Å². The minimum atomic E-state index is -2.38. The lowest BCUT2D eigenvalue weighted by atomic mass is 9.84. The van der Waals surface area contributed by atoms with Gasteiger partial charge in [0.2, 0.25) is 11.7 Å². The third kappa shape index (κ3) is 11.3. The summed E-state index contributed by atoms with van der Waals surface area (Å²) in [5.74, 6) is 1.73. The van der Waals surface area contributed by atoms with Crippen molar-refractivity contribution in [1.29, 1.82) is 0 Å². The van der Waals surface area contributed by atoms with E-state index < -0.39 is 76.4 Å². The van der Waals surface area contributed by atoms with E-state index in [1.807, 2.05) is 26.8 Å². The third-order valence-corrected chi connectivity index (χ3v) is 15.9. The largest absolute Gasteiger partial charge is 0.464 e. The van der Waals surface area contributed by atoms with Crippen molar-refractivity contribution >= 4 is 46.1 Å². The van der Waals surface area contributed by atoms with E-state index in [1.165, 1.54) is 12.1 Å². The quantitative estimate of drug-likeness (QED) is 0.127. The number of hydrazine groups is 1. The van der Waals surface area contributed by atoms with Gasteiger partial charge in [-0.1, -0.05) is 33.6 Å². The summed E-state index contributed by atoms with van der Waals surface area (Å²) in [7, 11) is 3.09. The van der Waals surface area contributed by atoms with Gasteiger partial charge in [-0.3, -0.25) is 38.9 Å². The maximum Gasteiger partial charge on any atom is 0.324 e. The molecule has 3 aromatic rings. The van der Waals surface area contributed by atoms with Crippen LogP contribution in [0.1, 0.15) is 118 Å². The van der Waals surface area contributed by atoms with Gasteiger partial charge in [-0.25, -0.2) is 9.82 Å². The molecule has 4 fully saturated rings. The number of cyclic esters (lactones) is 1. The number of carbonyl (C=O) groups excluding carboxylic acids is 5. The molecule has 5 aliphatic rings. The molecule has 396 valence electrons. The van der Waals surface area contributed by atoms with Crippen molar-refractivity contribution in [2.75, 3.05) is 65.0 Å². The zero-order chi connectivity index (χ0) is 52.6. The summed E-state index contributed by atoms with van der Waals surface area (Å²) in [5, 5.41) is 5.44. The van der Waals surface area contributed by atoms with Crippen molar-refractivity contribution in [1.82, 2.24) is 35.1 Å². The van der Waals surface area contributed by atoms with Crippen LogP contribution in [-0.4, -0.2) is 149 Å². The molecule has 6 bridgehead atoms. The van der Waals surface area contributed by atoms with Crippen molar-refractivity contribution in [2.24, 2.45) is 17.3 Å². The first-order valence-corrected chi connectivity index (χ1v) is 26.5. The predicted molar refractivity (Wildman–Crippen MR) is 277 cm³/mol. The van der Waals surface area contributed by atoms with Gasteiger partial charge in [0, 0.05) is 106 Å². The van der Waals surface area contributed by atoms with Crippen molar-refractivity contribution in [2.45, 2.75) is 155 Å². The fourth-order valence-corrected chi connectivity index (χ4v) is 11.6. The van der Waals surface area contributed by atoms with E-state index in [2.05, 4.69) is 82.0 Å². The van der Waals surface area contributed by atoms with Crippen LogP contribution in [0, 0.1) is 29.1 Å². The molecular formula is C56H77FN8O8. The van der Waals surface area contributed by atoms with E-state index in [9.17, 15) is 24.0 Å².